The van der Waals surface area contributed by atoms with Crippen LogP contribution in [-0.2, 0) is 6.54 Å². The standard InChI is InChI=1S/C17H18N2O2/c18-14-8-15(13-6-2-1-5-12(13)14)19-9-11-4-3-7-16-17(11)21-10-20-16/h1-7,14-15,19H,8-10,18H2. The molecule has 2 aliphatic rings. The Bertz CT molecular complexity index is 672. The summed E-state index contributed by atoms with van der Waals surface area (Å²) in [7, 11) is 0. The molecule has 0 spiro atoms. The van der Waals surface area contributed by atoms with Gasteiger partial charge < -0.3 is 20.5 Å². The summed E-state index contributed by atoms with van der Waals surface area (Å²) in [5, 5.41) is 3.60. The second-order valence-electron chi connectivity index (χ2n) is 5.56. The van der Waals surface area contributed by atoms with Crippen LogP contribution in [0.5, 0.6) is 11.5 Å². The second-order valence-corrected chi connectivity index (χ2v) is 5.56. The summed E-state index contributed by atoms with van der Waals surface area (Å²) in [6.07, 6.45) is 0.936. The van der Waals surface area contributed by atoms with Crippen molar-refractivity contribution in [2.24, 2.45) is 5.73 Å². The Morgan fingerprint density at radius 3 is 2.81 bits per heavy atom. The first-order chi connectivity index (χ1) is 10.3. The minimum Gasteiger partial charge on any atom is -0.454 e. The molecule has 0 radical (unpaired) electrons. The zero-order valence-electron chi connectivity index (χ0n) is 11.7. The molecule has 4 rings (SSSR count). The first-order valence-electron chi connectivity index (χ1n) is 7.28. The number of nitrogens with one attached hydrogen (secondary N) is 1. The highest BCUT2D eigenvalue weighted by Crippen LogP contribution is 2.39. The van der Waals surface area contributed by atoms with Crippen LogP contribution >= 0.6 is 0 Å². The van der Waals surface area contributed by atoms with E-state index in [1.165, 1.54) is 11.1 Å². The van der Waals surface area contributed by atoms with E-state index >= 15 is 0 Å². The molecule has 0 fully saturated rings. The second kappa shape index (κ2) is 5.06. The van der Waals surface area contributed by atoms with Crippen molar-refractivity contribution in [3.63, 3.8) is 0 Å². The van der Waals surface area contributed by atoms with Crippen LogP contribution in [0.1, 0.15) is 35.2 Å². The highest BCUT2D eigenvalue weighted by Gasteiger charge is 2.28. The van der Waals surface area contributed by atoms with Gasteiger partial charge in [0.2, 0.25) is 6.79 Å². The van der Waals surface area contributed by atoms with Crippen molar-refractivity contribution in [3.05, 3.63) is 59.2 Å². The zero-order valence-corrected chi connectivity index (χ0v) is 11.7. The number of ether oxygens (including phenoxy) is 2. The molecule has 0 amide bonds. The molecule has 1 aliphatic heterocycles. The fraction of sp³-hybridized carbons (Fsp3) is 0.294. The molecule has 2 atom stereocenters. The average Bonchev–Trinajstić information content (AvgIpc) is 3.11. The third kappa shape index (κ3) is 2.17. The van der Waals surface area contributed by atoms with Gasteiger partial charge in [0.05, 0.1) is 0 Å². The topological polar surface area (TPSA) is 56.5 Å². The number of rotatable bonds is 3. The van der Waals surface area contributed by atoms with Crippen molar-refractivity contribution in [2.75, 3.05) is 6.79 Å². The van der Waals surface area contributed by atoms with Gasteiger partial charge in [-0.3, -0.25) is 0 Å². The minimum atomic E-state index is 0.125. The van der Waals surface area contributed by atoms with E-state index in [2.05, 4.69) is 35.6 Å². The molecule has 4 heteroatoms. The lowest BCUT2D eigenvalue weighted by Gasteiger charge is -2.15. The summed E-state index contributed by atoms with van der Waals surface area (Å²) >= 11 is 0. The number of nitrogens with two attached hydrogens (primary N) is 1. The van der Waals surface area contributed by atoms with E-state index in [4.69, 9.17) is 15.2 Å². The average molecular weight is 282 g/mol. The Morgan fingerprint density at radius 1 is 1.05 bits per heavy atom. The van der Waals surface area contributed by atoms with Crippen LogP contribution in [0.3, 0.4) is 0 Å². The Hall–Kier alpha value is -2.04. The van der Waals surface area contributed by atoms with E-state index in [9.17, 15) is 0 Å². The summed E-state index contributed by atoms with van der Waals surface area (Å²) in [5.41, 5.74) is 9.91. The molecular formula is C17H18N2O2. The molecule has 1 aliphatic carbocycles. The van der Waals surface area contributed by atoms with Crippen LogP contribution in [-0.4, -0.2) is 6.79 Å². The molecular weight excluding hydrogens is 264 g/mol. The molecule has 108 valence electrons. The van der Waals surface area contributed by atoms with E-state index in [0.717, 1.165) is 30.0 Å². The van der Waals surface area contributed by atoms with Crippen LogP contribution in [0.25, 0.3) is 0 Å². The normalized spacial score (nSPS) is 22.3. The number of benzene rings is 2. The van der Waals surface area contributed by atoms with Gasteiger partial charge in [-0.2, -0.15) is 0 Å². The van der Waals surface area contributed by atoms with Gasteiger partial charge in [-0.05, 0) is 23.6 Å². The number of para-hydroxylation sites is 1. The number of hydrogen-bond donors (Lipinski definition) is 2. The predicted octanol–water partition coefficient (Wildman–Crippen LogP) is 2.65. The number of fused-ring (bicyclic) bond motifs is 2. The van der Waals surface area contributed by atoms with Gasteiger partial charge in [0.15, 0.2) is 11.5 Å². The van der Waals surface area contributed by atoms with Crippen LogP contribution in [0, 0.1) is 0 Å². The Balaban J connectivity index is 1.53. The quantitative estimate of drug-likeness (QED) is 0.908. The molecule has 0 bridgehead atoms. The van der Waals surface area contributed by atoms with E-state index < -0.39 is 0 Å². The van der Waals surface area contributed by atoms with Crippen molar-refractivity contribution in [1.82, 2.24) is 5.32 Å². The molecule has 3 N–H and O–H groups in total. The van der Waals surface area contributed by atoms with E-state index in [-0.39, 0.29) is 6.04 Å². The molecule has 2 unspecified atom stereocenters. The Labute approximate surface area is 123 Å². The van der Waals surface area contributed by atoms with Crippen LogP contribution in [0.2, 0.25) is 0 Å². The summed E-state index contributed by atoms with van der Waals surface area (Å²) in [6, 6.07) is 14.8. The number of hydrogen-bond acceptors (Lipinski definition) is 4. The van der Waals surface area contributed by atoms with Crippen molar-refractivity contribution in [3.8, 4) is 11.5 Å². The van der Waals surface area contributed by atoms with Gasteiger partial charge in [0, 0.05) is 24.2 Å². The first kappa shape index (κ1) is 12.7. The maximum atomic E-state index is 6.21. The van der Waals surface area contributed by atoms with Crippen molar-refractivity contribution in [2.45, 2.75) is 25.0 Å². The zero-order chi connectivity index (χ0) is 14.2. The maximum Gasteiger partial charge on any atom is 0.231 e. The van der Waals surface area contributed by atoms with Gasteiger partial charge in [-0.1, -0.05) is 36.4 Å². The smallest absolute Gasteiger partial charge is 0.231 e. The molecule has 0 saturated heterocycles. The molecule has 4 nitrogen and oxygen atoms in total. The van der Waals surface area contributed by atoms with E-state index in [0.29, 0.717) is 12.8 Å². The monoisotopic (exact) mass is 282 g/mol. The maximum absolute atomic E-state index is 6.21. The molecule has 1 heterocycles. The van der Waals surface area contributed by atoms with Crippen molar-refractivity contribution < 1.29 is 9.47 Å². The molecule has 21 heavy (non-hydrogen) atoms. The lowest BCUT2D eigenvalue weighted by molar-refractivity contribution is 0.173. The van der Waals surface area contributed by atoms with Gasteiger partial charge in [-0.25, -0.2) is 0 Å². The summed E-state index contributed by atoms with van der Waals surface area (Å²) < 4.78 is 11.0. The third-order valence-electron chi connectivity index (χ3n) is 4.28. The van der Waals surface area contributed by atoms with Gasteiger partial charge >= 0.3 is 0 Å². The van der Waals surface area contributed by atoms with Crippen molar-refractivity contribution in [1.29, 1.82) is 0 Å². The predicted molar refractivity (Wildman–Crippen MR) is 80.1 cm³/mol. The molecule has 2 aromatic rings. The highest BCUT2D eigenvalue weighted by atomic mass is 16.7. The minimum absolute atomic E-state index is 0.125. The van der Waals surface area contributed by atoms with Gasteiger partial charge in [0.25, 0.3) is 0 Å². The van der Waals surface area contributed by atoms with Crippen LogP contribution in [0.4, 0.5) is 0 Å². The van der Waals surface area contributed by atoms with Crippen LogP contribution < -0.4 is 20.5 Å². The fourth-order valence-electron chi connectivity index (χ4n) is 3.23. The molecule has 0 aromatic heterocycles. The summed E-state index contributed by atoms with van der Waals surface area (Å²) in [5.74, 6) is 1.69. The molecule has 2 aromatic carbocycles. The summed E-state index contributed by atoms with van der Waals surface area (Å²) in [4.78, 5) is 0. The van der Waals surface area contributed by atoms with E-state index in [1.54, 1.807) is 0 Å². The fourth-order valence-corrected chi connectivity index (χ4v) is 3.23. The SMILES string of the molecule is NC1CC(NCc2cccc3c2OCO3)c2ccccc21. The van der Waals surface area contributed by atoms with Gasteiger partial charge in [0.1, 0.15) is 0 Å². The Morgan fingerprint density at radius 2 is 1.90 bits per heavy atom. The summed E-state index contributed by atoms with van der Waals surface area (Å²) in [6.45, 7) is 1.06. The lowest BCUT2D eigenvalue weighted by Crippen LogP contribution is -2.19. The van der Waals surface area contributed by atoms with Crippen molar-refractivity contribution >= 4 is 0 Å². The highest BCUT2D eigenvalue weighted by molar-refractivity contribution is 5.48. The van der Waals surface area contributed by atoms with Gasteiger partial charge in [-0.15, -0.1) is 0 Å². The largest absolute Gasteiger partial charge is 0.454 e. The Kier molecular flexibility index (Phi) is 3.05. The van der Waals surface area contributed by atoms with E-state index in [1.807, 2.05) is 12.1 Å². The molecule has 0 saturated carbocycles. The first-order valence-corrected chi connectivity index (χ1v) is 7.28. The third-order valence-corrected chi connectivity index (χ3v) is 4.28. The lowest BCUT2D eigenvalue weighted by atomic mass is 10.1. The van der Waals surface area contributed by atoms with Crippen LogP contribution in [0.15, 0.2) is 42.5 Å².